The zero-order valence-electron chi connectivity index (χ0n) is 13.9. The molecule has 3 N–H and O–H groups in total. The van der Waals surface area contributed by atoms with Gasteiger partial charge in [0.2, 0.25) is 0 Å². The van der Waals surface area contributed by atoms with Crippen LogP contribution in [0.2, 0.25) is 10.0 Å². The first-order valence-corrected chi connectivity index (χ1v) is 8.28. The summed E-state index contributed by atoms with van der Waals surface area (Å²) in [6.45, 7) is 1.47. The van der Waals surface area contributed by atoms with Gasteiger partial charge in [0.05, 0.1) is 5.56 Å². The molecule has 4 nitrogen and oxygen atoms in total. The van der Waals surface area contributed by atoms with Crippen LogP contribution >= 0.6 is 23.2 Å². The maximum Gasteiger partial charge on any atom is 0.421 e. The van der Waals surface area contributed by atoms with Crippen molar-refractivity contribution < 1.29 is 28.2 Å². The Morgan fingerprint density at radius 1 is 1.11 bits per heavy atom. The summed E-state index contributed by atoms with van der Waals surface area (Å²) in [4.78, 5) is 11.0. The van der Waals surface area contributed by atoms with Gasteiger partial charge in [-0.1, -0.05) is 29.3 Å². The van der Waals surface area contributed by atoms with Crippen LogP contribution < -0.4 is 0 Å². The van der Waals surface area contributed by atoms with Crippen LogP contribution in [0.1, 0.15) is 33.5 Å². The van der Waals surface area contributed by atoms with Gasteiger partial charge in [-0.3, -0.25) is 0 Å². The van der Waals surface area contributed by atoms with E-state index >= 15 is 0 Å². The lowest BCUT2D eigenvalue weighted by atomic mass is 9.85. The van der Waals surface area contributed by atoms with Crippen molar-refractivity contribution in [3.05, 3.63) is 68.7 Å². The number of benzene rings is 2. The molecule has 0 spiro atoms. The van der Waals surface area contributed by atoms with Crippen LogP contribution in [-0.2, 0) is 5.60 Å². The zero-order chi connectivity index (χ0) is 20.6. The predicted molar refractivity (Wildman–Crippen MR) is 96.0 cm³/mol. The number of nitrogens with one attached hydrogen (secondary N) is 1. The number of carbonyl (C=O) groups is 1. The van der Waals surface area contributed by atoms with Gasteiger partial charge in [0.25, 0.3) is 0 Å². The number of aliphatic hydroxyl groups is 1. The second-order valence-electron chi connectivity index (χ2n) is 6.01. The van der Waals surface area contributed by atoms with E-state index < -0.39 is 35.4 Å². The minimum absolute atomic E-state index is 0.0285. The zero-order valence-corrected chi connectivity index (χ0v) is 15.4. The van der Waals surface area contributed by atoms with E-state index in [9.17, 15) is 23.1 Å². The maximum absolute atomic E-state index is 13.7. The second kappa shape index (κ2) is 7.50. The number of halogens is 5. The van der Waals surface area contributed by atoms with E-state index in [1.807, 2.05) is 0 Å². The molecule has 9 heteroatoms. The molecule has 2 rings (SSSR count). The Hall–Kier alpha value is -2.09. The molecule has 0 aliphatic carbocycles. The summed E-state index contributed by atoms with van der Waals surface area (Å²) >= 11 is 11.5. The van der Waals surface area contributed by atoms with Crippen molar-refractivity contribution in [2.75, 3.05) is 0 Å². The number of hydrogen-bond acceptors (Lipinski definition) is 3. The first-order chi connectivity index (χ1) is 12.3. The van der Waals surface area contributed by atoms with E-state index in [0.717, 1.165) is 12.1 Å². The van der Waals surface area contributed by atoms with Crippen molar-refractivity contribution in [2.24, 2.45) is 0 Å². The maximum atomic E-state index is 13.7. The van der Waals surface area contributed by atoms with Gasteiger partial charge in [0.15, 0.2) is 5.60 Å². The molecule has 27 heavy (non-hydrogen) atoms. The monoisotopic (exact) mass is 419 g/mol. The van der Waals surface area contributed by atoms with Crippen molar-refractivity contribution in [1.82, 2.24) is 0 Å². The van der Waals surface area contributed by atoms with Crippen molar-refractivity contribution >= 4 is 34.9 Å². The molecule has 0 saturated carbocycles. The van der Waals surface area contributed by atoms with Crippen molar-refractivity contribution in [3.63, 3.8) is 0 Å². The number of alkyl halides is 3. The molecule has 0 aromatic heterocycles. The lowest BCUT2D eigenvalue weighted by molar-refractivity contribution is -0.263. The molecular formula is C18H14Cl2F3NO3. The molecular weight excluding hydrogens is 406 g/mol. The lowest BCUT2D eigenvalue weighted by Gasteiger charge is -2.31. The van der Waals surface area contributed by atoms with Crippen molar-refractivity contribution in [2.45, 2.75) is 25.1 Å². The quantitative estimate of drug-likeness (QED) is 0.581. The fraction of sp³-hybridized carbons (Fsp3) is 0.222. The number of aromatic carboxylic acids is 1. The highest BCUT2D eigenvalue weighted by atomic mass is 35.5. The molecule has 1 unspecified atom stereocenters. The molecule has 0 aliphatic heterocycles. The largest absolute Gasteiger partial charge is 0.478 e. The van der Waals surface area contributed by atoms with Crippen LogP contribution in [0.5, 0.6) is 0 Å². The molecule has 144 valence electrons. The van der Waals surface area contributed by atoms with Gasteiger partial charge >= 0.3 is 12.1 Å². The van der Waals surface area contributed by atoms with Gasteiger partial charge in [0.1, 0.15) is 0 Å². The van der Waals surface area contributed by atoms with Crippen LogP contribution in [0.15, 0.2) is 36.4 Å². The van der Waals surface area contributed by atoms with E-state index in [4.69, 9.17) is 33.7 Å². The Kier molecular flexibility index (Phi) is 5.89. The number of carboxylic acids is 1. The van der Waals surface area contributed by atoms with Gasteiger partial charge in [-0.05, 0) is 53.9 Å². The van der Waals surface area contributed by atoms with Crippen LogP contribution in [0.4, 0.5) is 13.2 Å². The standard InChI is InChI=1S/C18H14Cl2F3NO3/c1-9-4-10(2-3-14(9)16(25)26)15(24)8-17(27,18(21,22)23)11-5-12(19)7-13(20)6-11/h2-7,24,27H,8H2,1H3,(H,25,26). The fourth-order valence-corrected chi connectivity index (χ4v) is 3.13. The predicted octanol–water partition coefficient (Wildman–Crippen LogP) is 5.21. The van der Waals surface area contributed by atoms with Crippen molar-refractivity contribution in [3.8, 4) is 0 Å². The van der Waals surface area contributed by atoms with Crippen LogP contribution in [0.3, 0.4) is 0 Å². The first kappa shape index (κ1) is 21.2. The molecule has 0 bridgehead atoms. The van der Waals surface area contributed by atoms with E-state index in [2.05, 4.69) is 0 Å². The Labute approximate surface area is 162 Å². The van der Waals surface area contributed by atoms with Crippen molar-refractivity contribution in [1.29, 1.82) is 5.41 Å². The average molecular weight is 420 g/mol. The summed E-state index contributed by atoms with van der Waals surface area (Å²) in [5.74, 6) is -1.19. The molecule has 0 saturated heterocycles. The van der Waals surface area contributed by atoms with Gasteiger partial charge in [0, 0.05) is 22.2 Å². The van der Waals surface area contributed by atoms with Crippen LogP contribution in [0.25, 0.3) is 0 Å². The molecule has 0 radical (unpaired) electrons. The Bertz CT molecular complexity index is 895. The number of aryl methyl sites for hydroxylation is 1. The third kappa shape index (κ3) is 4.43. The Morgan fingerprint density at radius 3 is 2.11 bits per heavy atom. The minimum Gasteiger partial charge on any atom is -0.478 e. The third-order valence-electron chi connectivity index (χ3n) is 4.05. The second-order valence-corrected chi connectivity index (χ2v) is 6.88. The van der Waals surface area contributed by atoms with E-state index in [0.29, 0.717) is 0 Å². The smallest absolute Gasteiger partial charge is 0.421 e. The molecule has 0 aliphatic rings. The lowest BCUT2D eigenvalue weighted by Crippen LogP contribution is -2.44. The van der Waals surface area contributed by atoms with Gasteiger partial charge in [-0.15, -0.1) is 0 Å². The summed E-state index contributed by atoms with van der Waals surface area (Å²) in [7, 11) is 0. The topological polar surface area (TPSA) is 81.4 Å². The summed E-state index contributed by atoms with van der Waals surface area (Å²) in [5, 5.41) is 27.3. The van der Waals surface area contributed by atoms with Gasteiger partial charge in [-0.2, -0.15) is 13.2 Å². The fourth-order valence-electron chi connectivity index (χ4n) is 2.61. The molecule has 0 fully saturated rings. The van der Waals surface area contributed by atoms with E-state index in [1.165, 1.54) is 31.2 Å². The summed E-state index contributed by atoms with van der Waals surface area (Å²) in [6, 6.07) is 6.81. The molecule has 2 aromatic carbocycles. The van der Waals surface area contributed by atoms with Gasteiger partial charge in [-0.25, -0.2) is 4.79 Å². The molecule has 0 amide bonds. The highest BCUT2D eigenvalue weighted by molar-refractivity contribution is 6.34. The Morgan fingerprint density at radius 2 is 1.67 bits per heavy atom. The molecule has 1 atom stereocenters. The number of rotatable bonds is 5. The van der Waals surface area contributed by atoms with Gasteiger partial charge < -0.3 is 15.6 Å². The highest BCUT2D eigenvalue weighted by Crippen LogP contribution is 2.43. The summed E-state index contributed by atoms with van der Waals surface area (Å²) < 4.78 is 41.0. The van der Waals surface area contributed by atoms with E-state index in [1.54, 1.807) is 0 Å². The van der Waals surface area contributed by atoms with Crippen LogP contribution in [-0.4, -0.2) is 28.1 Å². The number of carboxylic acid groups (broad SMARTS) is 1. The molecule has 0 heterocycles. The normalized spacial score (nSPS) is 13.9. The number of hydrogen-bond donors (Lipinski definition) is 3. The van der Waals surface area contributed by atoms with E-state index in [-0.39, 0.29) is 26.7 Å². The Balaban J connectivity index is 2.46. The summed E-state index contributed by atoms with van der Waals surface area (Å²) in [5.41, 5.74) is -4.18. The third-order valence-corrected chi connectivity index (χ3v) is 4.48. The molecule has 2 aromatic rings. The highest BCUT2D eigenvalue weighted by Gasteiger charge is 2.55. The average Bonchev–Trinajstić information content (AvgIpc) is 2.52. The summed E-state index contributed by atoms with van der Waals surface area (Å²) in [6.07, 6.45) is -6.21. The SMILES string of the molecule is Cc1cc(C(=N)CC(O)(c2cc(Cl)cc(Cl)c2)C(F)(F)F)ccc1C(=O)O. The van der Waals surface area contributed by atoms with Crippen LogP contribution in [0, 0.1) is 12.3 Å². The minimum atomic E-state index is -5.11. The first-order valence-electron chi connectivity index (χ1n) is 7.52.